The third kappa shape index (κ3) is 3.17. The van der Waals surface area contributed by atoms with Crippen LogP contribution >= 0.6 is 0 Å². The predicted molar refractivity (Wildman–Crippen MR) is 126 cm³/mol. The zero-order valence-corrected chi connectivity index (χ0v) is 18.8. The average Bonchev–Trinajstić information content (AvgIpc) is 3.37. The van der Waals surface area contributed by atoms with Gasteiger partial charge in [-0.3, -0.25) is 19.5 Å². The minimum absolute atomic E-state index is 0.180. The predicted octanol–water partition coefficient (Wildman–Crippen LogP) is 3.35. The van der Waals surface area contributed by atoms with Gasteiger partial charge >= 0.3 is 6.03 Å². The average molecular weight is 444 g/mol. The van der Waals surface area contributed by atoms with Crippen LogP contribution in [-0.4, -0.2) is 65.5 Å². The molecule has 0 radical (unpaired) electrons. The Labute approximate surface area is 192 Å². The van der Waals surface area contributed by atoms with Crippen LogP contribution in [0.1, 0.15) is 12.5 Å². The van der Waals surface area contributed by atoms with Crippen LogP contribution in [0.3, 0.4) is 0 Å². The molecule has 2 atom stereocenters. The molecule has 1 fully saturated rings. The molecule has 5 rings (SSSR count). The number of anilines is 1. The summed E-state index contributed by atoms with van der Waals surface area (Å²) in [5.74, 6) is 0.979. The number of carbonyl (C=O) groups excluding carboxylic acids is 2. The van der Waals surface area contributed by atoms with E-state index >= 15 is 0 Å². The standard InChI is InChI=1S/C25H25N5O3/c1-16(2)14-29-23(31)21-22(27(3)25(29)32)26-24-28(21)15-19(17-10-6-5-7-11-17)30(24)18-12-8-9-13-20(18)33-4/h5-13,15,21-22H,1,14H2,2-4H3. The lowest BCUT2D eigenvalue weighted by atomic mass is 10.1. The van der Waals surface area contributed by atoms with Gasteiger partial charge in [-0.2, -0.15) is 0 Å². The number of imide groups is 1. The molecule has 2 aromatic carbocycles. The number of aliphatic imine (C=N–C) groups is 1. The monoisotopic (exact) mass is 443 g/mol. The Balaban J connectivity index is 1.64. The van der Waals surface area contributed by atoms with Crippen molar-refractivity contribution in [2.24, 2.45) is 4.99 Å². The summed E-state index contributed by atoms with van der Waals surface area (Å²) in [5.41, 5.74) is 3.38. The number of hydrogen-bond acceptors (Lipinski definition) is 6. The van der Waals surface area contributed by atoms with E-state index in [1.54, 1.807) is 21.1 Å². The Morgan fingerprint density at radius 3 is 2.48 bits per heavy atom. The number of rotatable bonds is 5. The third-order valence-electron chi connectivity index (χ3n) is 6.04. The SMILES string of the molecule is C=C(C)CN1C(=O)C2C(N=C3N(c4ccccc4OC)C(c4ccccc4)=CN32)N(C)C1=O. The van der Waals surface area contributed by atoms with Gasteiger partial charge in [-0.1, -0.05) is 54.6 Å². The van der Waals surface area contributed by atoms with Crippen LogP contribution in [-0.2, 0) is 4.79 Å². The van der Waals surface area contributed by atoms with Gasteiger partial charge in [0.05, 0.1) is 25.0 Å². The third-order valence-corrected chi connectivity index (χ3v) is 6.04. The summed E-state index contributed by atoms with van der Waals surface area (Å²) in [6.07, 6.45) is 1.32. The van der Waals surface area contributed by atoms with Crippen molar-refractivity contribution in [1.29, 1.82) is 0 Å². The number of hydrogen-bond donors (Lipinski definition) is 0. The van der Waals surface area contributed by atoms with E-state index in [4.69, 9.17) is 9.73 Å². The van der Waals surface area contributed by atoms with Gasteiger partial charge in [0.15, 0.2) is 12.2 Å². The van der Waals surface area contributed by atoms with E-state index in [0.717, 1.165) is 22.5 Å². The van der Waals surface area contributed by atoms with Gasteiger partial charge in [-0.05, 0) is 19.1 Å². The largest absolute Gasteiger partial charge is 0.495 e. The molecule has 168 valence electrons. The van der Waals surface area contributed by atoms with Gasteiger partial charge < -0.3 is 9.64 Å². The zero-order chi connectivity index (χ0) is 23.3. The Morgan fingerprint density at radius 1 is 1.09 bits per heavy atom. The molecule has 0 saturated carbocycles. The quantitative estimate of drug-likeness (QED) is 0.663. The van der Waals surface area contributed by atoms with E-state index < -0.39 is 12.2 Å². The molecular weight excluding hydrogens is 418 g/mol. The minimum atomic E-state index is -0.652. The number of fused-ring (bicyclic) bond motifs is 3. The van der Waals surface area contributed by atoms with Gasteiger partial charge in [0.1, 0.15) is 5.75 Å². The topological polar surface area (TPSA) is 68.7 Å². The molecule has 0 aromatic heterocycles. The van der Waals surface area contributed by atoms with Gasteiger partial charge in [0.2, 0.25) is 5.96 Å². The highest BCUT2D eigenvalue weighted by atomic mass is 16.5. The van der Waals surface area contributed by atoms with Gasteiger partial charge in [0.25, 0.3) is 5.91 Å². The van der Waals surface area contributed by atoms with E-state index in [2.05, 4.69) is 6.58 Å². The Bertz CT molecular complexity index is 1210. The van der Waals surface area contributed by atoms with E-state index in [0.29, 0.717) is 11.7 Å². The first kappa shape index (κ1) is 20.8. The second-order valence-electron chi connectivity index (χ2n) is 8.36. The molecule has 33 heavy (non-hydrogen) atoms. The molecule has 1 saturated heterocycles. The Hall–Kier alpha value is -4.07. The molecule has 2 aromatic rings. The van der Waals surface area contributed by atoms with Gasteiger partial charge in [-0.15, -0.1) is 0 Å². The number of urea groups is 1. The summed E-state index contributed by atoms with van der Waals surface area (Å²) in [6.45, 7) is 5.86. The summed E-state index contributed by atoms with van der Waals surface area (Å²) < 4.78 is 5.64. The van der Waals surface area contributed by atoms with E-state index in [1.807, 2.05) is 70.6 Å². The van der Waals surface area contributed by atoms with Crippen molar-refractivity contribution in [3.63, 3.8) is 0 Å². The molecular formula is C25H25N5O3. The van der Waals surface area contributed by atoms with Crippen LogP contribution in [0, 0.1) is 0 Å². The highest BCUT2D eigenvalue weighted by molar-refractivity contribution is 6.16. The zero-order valence-electron chi connectivity index (χ0n) is 18.8. The molecule has 0 aliphatic carbocycles. The Morgan fingerprint density at radius 2 is 1.79 bits per heavy atom. The van der Waals surface area contributed by atoms with Crippen molar-refractivity contribution in [3.05, 3.63) is 78.5 Å². The smallest absolute Gasteiger partial charge is 0.328 e. The van der Waals surface area contributed by atoms with Crippen LogP contribution in [0.2, 0.25) is 0 Å². The van der Waals surface area contributed by atoms with E-state index in [-0.39, 0.29) is 18.5 Å². The van der Waals surface area contributed by atoms with Crippen molar-refractivity contribution in [2.45, 2.75) is 19.1 Å². The highest BCUT2D eigenvalue weighted by Crippen LogP contribution is 2.42. The fraction of sp³-hybridized carbons (Fsp3) is 0.240. The molecule has 0 bridgehead atoms. The number of carbonyl (C=O) groups is 2. The van der Waals surface area contributed by atoms with Crippen molar-refractivity contribution in [3.8, 4) is 5.75 Å². The molecule has 3 heterocycles. The number of likely N-dealkylation sites (N-methyl/N-ethyl adjacent to an activating group) is 1. The van der Waals surface area contributed by atoms with Crippen molar-refractivity contribution in [1.82, 2.24) is 14.7 Å². The summed E-state index contributed by atoms with van der Waals surface area (Å²) in [4.78, 5) is 37.9. The fourth-order valence-electron chi connectivity index (χ4n) is 4.51. The number of methoxy groups -OCH3 is 1. The summed E-state index contributed by atoms with van der Waals surface area (Å²) in [6, 6.07) is 16.6. The lowest BCUT2D eigenvalue weighted by molar-refractivity contribution is -0.136. The molecule has 2 unspecified atom stereocenters. The number of guanidine groups is 1. The molecule has 3 aliphatic heterocycles. The lowest BCUT2D eigenvalue weighted by Gasteiger charge is -2.40. The number of nitrogens with zero attached hydrogens (tertiary/aromatic N) is 5. The summed E-state index contributed by atoms with van der Waals surface area (Å²) in [7, 11) is 3.31. The van der Waals surface area contributed by atoms with Crippen molar-refractivity contribution < 1.29 is 14.3 Å². The maximum absolute atomic E-state index is 13.5. The van der Waals surface area contributed by atoms with Crippen LogP contribution in [0.15, 0.2) is 77.9 Å². The van der Waals surface area contributed by atoms with Crippen LogP contribution in [0.5, 0.6) is 5.75 Å². The van der Waals surface area contributed by atoms with E-state index in [9.17, 15) is 9.59 Å². The molecule has 3 amide bonds. The first-order valence-corrected chi connectivity index (χ1v) is 10.7. The number of ether oxygens (including phenoxy) is 1. The minimum Gasteiger partial charge on any atom is -0.495 e. The fourth-order valence-corrected chi connectivity index (χ4v) is 4.51. The first-order chi connectivity index (χ1) is 15.9. The molecule has 0 N–H and O–H groups in total. The second kappa shape index (κ2) is 7.81. The van der Waals surface area contributed by atoms with Gasteiger partial charge in [-0.25, -0.2) is 9.79 Å². The van der Waals surface area contributed by atoms with Crippen LogP contribution in [0.4, 0.5) is 10.5 Å². The maximum Gasteiger partial charge on any atom is 0.328 e. The van der Waals surface area contributed by atoms with Crippen LogP contribution < -0.4 is 9.64 Å². The number of amides is 3. The summed E-state index contributed by atoms with van der Waals surface area (Å²) in [5, 5.41) is 0. The maximum atomic E-state index is 13.5. The number of benzene rings is 2. The lowest BCUT2D eigenvalue weighted by Crippen LogP contribution is -2.64. The Kier molecular flexibility index (Phi) is 4.92. The van der Waals surface area contributed by atoms with Crippen molar-refractivity contribution >= 4 is 29.3 Å². The summed E-state index contributed by atoms with van der Waals surface area (Å²) >= 11 is 0. The second-order valence-corrected chi connectivity index (χ2v) is 8.36. The van der Waals surface area contributed by atoms with E-state index in [1.165, 1.54) is 9.80 Å². The number of para-hydroxylation sites is 2. The molecule has 0 spiro atoms. The first-order valence-electron chi connectivity index (χ1n) is 10.7. The highest BCUT2D eigenvalue weighted by Gasteiger charge is 2.55. The molecule has 8 heteroatoms. The molecule has 8 nitrogen and oxygen atoms in total. The van der Waals surface area contributed by atoms with Crippen molar-refractivity contribution in [2.75, 3.05) is 25.6 Å². The van der Waals surface area contributed by atoms with Crippen LogP contribution in [0.25, 0.3) is 5.70 Å². The normalized spacial score (nSPS) is 21.7. The molecule has 3 aliphatic rings. The van der Waals surface area contributed by atoms with Gasteiger partial charge in [0, 0.05) is 18.8 Å².